The Morgan fingerprint density at radius 1 is 1.35 bits per heavy atom. The van der Waals surface area contributed by atoms with E-state index in [9.17, 15) is 4.79 Å². The van der Waals surface area contributed by atoms with E-state index < -0.39 is 0 Å². The third kappa shape index (κ3) is 4.68. The number of nitrogens with zero attached hydrogens (tertiary/aromatic N) is 3. The lowest BCUT2D eigenvalue weighted by Gasteiger charge is -2.23. The zero-order valence-corrected chi connectivity index (χ0v) is 13.0. The van der Waals surface area contributed by atoms with Crippen LogP contribution in [0.5, 0.6) is 0 Å². The van der Waals surface area contributed by atoms with Gasteiger partial charge in [0.25, 0.3) is 0 Å². The van der Waals surface area contributed by atoms with Crippen LogP contribution in [0, 0.1) is 0 Å². The molecule has 1 heterocycles. The minimum atomic E-state index is 0.00418. The van der Waals surface area contributed by atoms with Crippen LogP contribution in [-0.4, -0.2) is 42.1 Å². The van der Waals surface area contributed by atoms with Crippen LogP contribution < -0.4 is 15.5 Å². The standard InChI is InChI=1S/C14H25N5O/c1-6-11-17-12(15-5)8-13(18-11)19(7-2)9-14(20)16-10(3)4/h8,10H,6-7,9H2,1-5H3,(H,16,20)(H,15,17,18). The van der Waals surface area contributed by atoms with Crippen molar-refractivity contribution in [1.29, 1.82) is 0 Å². The minimum absolute atomic E-state index is 0.00418. The normalized spacial score (nSPS) is 10.5. The highest BCUT2D eigenvalue weighted by molar-refractivity contribution is 5.81. The van der Waals surface area contributed by atoms with Gasteiger partial charge in [0.05, 0.1) is 6.54 Å². The summed E-state index contributed by atoms with van der Waals surface area (Å²) >= 11 is 0. The Hall–Kier alpha value is -1.85. The van der Waals surface area contributed by atoms with Gasteiger partial charge in [0.1, 0.15) is 17.5 Å². The van der Waals surface area contributed by atoms with Gasteiger partial charge in [-0.2, -0.15) is 0 Å². The zero-order valence-electron chi connectivity index (χ0n) is 13.0. The van der Waals surface area contributed by atoms with E-state index in [2.05, 4.69) is 20.6 Å². The number of likely N-dealkylation sites (N-methyl/N-ethyl adjacent to an activating group) is 1. The molecule has 1 amide bonds. The number of nitrogens with one attached hydrogen (secondary N) is 2. The summed E-state index contributed by atoms with van der Waals surface area (Å²) < 4.78 is 0. The van der Waals surface area contributed by atoms with Crippen LogP contribution in [-0.2, 0) is 11.2 Å². The predicted octanol–water partition coefficient (Wildman–Crippen LogP) is 1.43. The highest BCUT2D eigenvalue weighted by Crippen LogP contribution is 2.15. The van der Waals surface area contributed by atoms with E-state index in [-0.39, 0.29) is 11.9 Å². The Morgan fingerprint density at radius 2 is 2.05 bits per heavy atom. The average molecular weight is 279 g/mol. The molecule has 1 aromatic heterocycles. The number of carbonyl (C=O) groups excluding carboxylic acids is 1. The molecule has 0 aliphatic heterocycles. The lowest BCUT2D eigenvalue weighted by Crippen LogP contribution is -2.40. The van der Waals surface area contributed by atoms with Crippen LogP contribution in [0.25, 0.3) is 0 Å². The van der Waals surface area contributed by atoms with Crippen LogP contribution in [0.2, 0.25) is 0 Å². The Morgan fingerprint density at radius 3 is 2.55 bits per heavy atom. The van der Waals surface area contributed by atoms with Crippen molar-refractivity contribution in [3.63, 3.8) is 0 Å². The fraction of sp³-hybridized carbons (Fsp3) is 0.643. The summed E-state index contributed by atoms with van der Waals surface area (Å²) in [6.07, 6.45) is 0.762. The number of hydrogen-bond donors (Lipinski definition) is 2. The summed E-state index contributed by atoms with van der Waals surface area (Å²) in [5.74, 6) is 2.33. The summed E-state index contributed by atoms with van der Waals surface area (Å²) in [6.45, 7) is 8.95. The summed E-state index contributed by atoms with van der Waals surface area (Å²) in [5, 5.41) is 5.92. The van der Waals surface area contributed by atoms with Gasteiger partial charge in [-0.25, -0.2) is 9.97 Å². The molecule has 0 aliphatic rings. The van der Waals surface area contributed by atoms with Gasteiger partial charge in [-0.15, -0.1) is 0 Å². The molecule has 0 saturated heterocycles. The third-order valence-corrected chi connectivity index (χ3v) is 2.82. The van der Waals surface area contributed by atoms with E-state index in [4.69, 9.17) is 0 Å². The first-order valence-corrected chi connectivity index (χ1v) is 7.10. The Kier molecular flexibility index (Phi) is 6.21. The maximum Gasteiger partial charge on any atom is 0.239 e. The second-order valence-corrected chi connectivity index (χ2v) is 4.87. The first kappa shape index (κ1) is 16.2. The molecule has 0 unspecified atom stereocenters. The fourth-order valence-corrected chi connectivity index (χ4v) is 1.83. The molecule has 2 N–H and O–H groups in total. The van der Waals surface area contributed by atoms with Gasteiger partial charge in [0, 0.05) is 32.1 Å². The van der Waals surface area contributed by atoms with Crippen molar-refractivity contribution in [2.24, 2.45) is 0 Å². The molecule has 0 atom stereocenters. The molecule has 20 heavy (non-hydrogen) atoms. The quantitative estimate of drug-likeness (QED) is 0.790. The average Bonchev–Trinajstić information content (AvgIpc) is 2.43. The van der Waals surface area contributed by atoms with E-state index in [0.717, 1.165) is 30.4 Å². The Bertz CT molecular complexity index is 425. The molecule has 112 valence electrons. The summed E-state index contributed by atoms with van der Waals surface area (Å²) in [4.78, 5) is 22.7. The second kappa shape index (κ2) is 7.67. The van der Waals surface area contributed by atoms with Gasteiger partial charge in [0.15, 0.2) is 0 Å². The second-order valence-electron chi connectivity index (χ2n) is 4.87. The van der Waals surface area contributed by atoms with E-state index in [1.807, 2.05) is 45.7 Å². The monoisotopic (exact) mass is 279 g/mol. The molecule has 0 radical (unpaired) electrons. The smallest absolute Gasteiger partial charge is 0.239 e. The van der Waals surface area contributed by atoms with E-state index in [1.54, 1.807) is 0 Å². The number of hydrogen-bond acceptors (Lipinski definition) is 5. The molecule has 1 rings (SSSR count). The molecule has 6 heteroatoms. The highest BCUT2D eigenvalue weighted by atomic mass is 16.2. The summed E-state index contributed by atoms with van der Waals surface area (Å²) in [5.41, 5.74) is 0. The Labute approximate surface area is 121 Å². The zero-order chi connectivity index (χ0) is 15.1. The molecule has 0 saturated carbocycles. The number of amides is 1. The lowest BCUT2D eigenvalue weighted by atomic mass is 10.3. The highest BCUT2D eigenvalue weighted by Gasteiger charge is 2.13. The predicted molar refractivity (Wildman–Crippen MR) is 82.1 cm³/mol. The maximum absolute atomic E-state index is 11.9. The van der Waals surface area contributed by atoms with Crippen molar-refractivity contribution >= 4 is 17.5 Å². The SMILES string of the molecule is CCc1nc(NC)cc(N(CC)CC(=O)NC(C)C)n1. The molecule has 0 aromatic carbocycles. The molecule has 0 bridgehead atoms. The topological polar surface area (TPSA) is 70.2 Å². The van der Waals surface area contributed by atoms with Gasteiger partial charge in [-0.3, -0.25) is 4.79 Å². The van der Waals surface area contributed by atoms with Gasteiger partial charge in [0.2, 0.25) is 5.91 Å². The summed E-state index contributed by atoms with van der Waals surface area (Å²) in [6, 6.07) is 2.01. The van der Waals surface area contributed by atoms with Gasteiger partial charge in [-0.1, -0.05) is 6.92 Å². The number of anilines is 2. The first-order valence-electron chi connectivity index (χ1n) is 7.10. The van der Waals surface area contributed by atoms with E-state index in [1.165, 1.54) is 0 Å². The maximum atomic E-state index is 11.9. The Balaban J connectivity index is 2.91. The molecular formula is C14H25N5O. The van der Waals surface area contributed by atoms with E-state index >= 15 is 0 Å². The van der Waals surface area contributed by atoms with Crippen molar-refractivity contribution in [2.75, 3.05) is 30.4 Å². The van der Waals surface area contributed by atoms with Crippen molar-refractivity contribution in [1.82, 2.24) is 15.3 Å². The lowest BCUT2D eigenvalue weighted by molar-refractivity contribution is -0.120. The minimum Gasteiger partial charge on any atom is -0.373 e. The molecule has 0 fully saturated rings. The molecule has 6 nitrogen and oxygen atoms in total. The first-order chi connectivity index (χ1) is 9.49. The number of carbonyl (C=O) groups is 1. The van der Waals surface area contributed by atoms with Gasteiger partial charge >= 0.3 is 0 Å². The van der Waals surface area contributed by atoms with E-state index in [0.29, 0.717) is 6.54 Å². The van der Waals surface area contributed by atoms with Crippen molar-refractivity contribution < 1.29 is 4.79 Å². The van der Waals surface area contributed by atoms with Crippen LogP contribution >= 0.6 is 0 Å². The number of aryl methyl sites for hydroxylation is 1. The van der Waals surface area contributed by atoms with Crippen molar-refractivity contribution in [3.8, 4) is 0 Å². The largest absolute Gasteiger partial charge is 0.373 e. The van der Waals surface area contributed by atoms with Crippen LogP contribution in [0.3, 0.4) is 0 Å². The van der Waals surface area contributed by atoms with Gasteiger partial charge in [-0.05, 0) is 20.8 Å². The summed E-state index contributed by atoms with van der Waals surface area (Å²) in [7, 11) is 1.83. The molecular weight excluding hydrogens is 254 g/mol. The number of aromatic nitrogens is 2. The number of rotatable bonds is 7. The molecule has 1 aromatic rings. The molecule has 0 spiro atoms. The van der Waals surface area contributed by atoms with Crippen molar-refractivity contribution in [3.05, 3.63) is 11.9 Å². The van der Waals surface area contributed by atoms with Crippen LogP contribution in [0.4, 0.5) is 11.6 Å². The third-order valence-electron chi connectivity index (χ3n) is 2.82. The molecule has 0 aliphatic carbocycles. The fourth-order valence-electron chi connectivity index (χ4n) is 1.83. The van der Waals surface area contributed by atoms with Crippen LogP contribution in [0.1, 0.15) is 33.5 Å². The van der Waals surface area contributed by atoms with Crippen molar-refractivity contribution in [2.45, 2.75) is 40.2 Å². The van der Waals surface area contributed by atoms with Gasteiger partial charge < -0.3 is 15.5 Å². The van der Waals surface area contributed by atoms with Crippen LogP contribution in [0.15, 0.2) is 6.07 Å².